The Bertz CT molecular complexity index is 744. The van der Waals surface area contributed by atoms with Crippen LogP contribution in [-0.2, 0) is 17.5 Å². The zero-order chi connectivity index (χ0) is 18.6. The van der Waals surface area contributed by atoms with E-state index in [1.165, 1.54) is 24.3 Å². The van der Waals surface area contributed by atoms with Crippen molar-refractivity contribution >= 4 is 23.2 Å². The number of likely N-dealkylation sites (N-methyl/N-ethyl adjacent to an activating group) is 1. The molecule has 0 spiro atoms. The number of hydrogen-bond donors (Lipinski definition) is 2. The van der Waals surface area contributed by atoms with E-state index in [4.69, 9.17) is 11.6 Å². The van der Waals surface area contributed by atoms with Gasteiger partial charge < -0.3 is 10.2 Å². The number of halogens is 5. The van der Waals surface area contributed by atoms with Crippen LogP contribution in [0.5, 0.6) is 0 Å². The van der Waals surface area contributed by atoms with Crippen LogP contribution < -0.4 is 10.2 Å². The van der Waals surface area contributed by atoms with Crippen molar-refractivity contribution in [1.29, 1.82) is 0 Å². The van der Waals surface area contributed by atoms with Crippen molar-refractivity contribution in [2.45, 2.75) is 12.7 Å². The Morgan fingerprint density at radius 2 is 1.88 bits per heavy atom. The van der Waals surface area contributed by atoms with E-state index in [9.17, 15) is 22.4 Å². The maximum atomic E-state index is 13.7. The molecule has 0 saturated heterocycles. The molecule has 2 rings (SSSR count). The fraction of sp³-hybridized carbons (Fsp3) is 0.235. The number of rotatable bonds is 5. The predicted molar refractivity (Wildman–Crippen MR) is 86.9 cm³/mol. The van der Waals surface area contributed by atoms with E-state index in [2.05, 4.69) is 5.32 Å². The molecule has 0 heterocycles. The second-order valence-electron chi connectivity index (χ2n) is 5.64. The van der Waals surface area contributed by atoms with Gasteiger partial charge in [0.15, 0.2) is 6.54 Å². The molecule has 1 unspecified atom stereocenters. The van der Waals surface area contributed by atoms with Gasteiger partial charge in [-0.2, -0.15) is 13.2 Å². The first kappa shape index (κ1) is 19.2. The van der Waals surface area contributed by atoms with Crippen molar-refractivity contribution in [3.63, 3.8) is 0 Å². The summed E-state index contributed by atoms with van der Waals surface area (Å²) in [6.07, 6.45) is -4.48. The molecule has 0 radical (unpaired) electrons. The lowest BCUT2D eigenvalue weighted by atomic mass is 10.2. The van der Waals surface area contributed by atoms with Crippen molar-refractivity contribution in [2.24, 2.45) is 0 Å². The molecule has 8 heteroatoms. The van der Waals surface area contributed by atoms with Gasteiger partial charge in [-0.3, -0.25) is 4.79 Å². The van der Waals surface area contributed by atoms with Gasteiger partial charge in [-0.1, -0.05) is 23.7 Å². The van der Waals surface area contributed by atoms with Gasteiger partial charge in [0.05, 0.1) is 23.2 Å². The van der Waals surface area contributed by atoms with Crippen molar-refractivity contribution < 1.29 is 27.3 Å². The smallest absolute Gasteiger partial charge is 0.326 e. The van der Waals surface area contributed by atoms with Gasteiger partial charge in [0.25, 0.3) is 5.91 Å². The molecule has 2 N–H and O–H groups in total. The molecule has 2 aromatic rings. The Balaban J connectivity index is 1.98. The highest BCUT2D eigenvalue weighted by Crippen LogP contribution is 2.30. The number of carbonyl (C=O) groups is 1. The normalized spacial score (nSPS) is 12.7. The third-order valence-electron chi connectivity index (χ3n) is 3.48. The monoisotopic (exact) mass is 375 g/mol. The molecule has 0 aliphatic rings. The summed E-state index contributed by atoms with van der Waals surface area (Å²) in [5.74, 6) is -0.950. The minimum Gasteiger partial charge on any atom is -0.326 e. The van der Waals surface area contributed by atoms with E-state index in [0.717, 1.165) is 12.1 Å². The van der Waals surface area contributed by atoms with Crippen molar-refractivity contribution in [2.75, 3.05) is 18.9 Å². The first-order valence-corrected chi connectivity index (χ1v) is 7.76. The SMILES string of the molecule is C[NH+](CC(=O)Nc1cccc(C(F)(F)F)c1)Cc1c(F)cccc1Cl. The number of quaternary nitrogens is 1. The number of anilines is 1. The summed E-state index contributed by atoms with van der Waals surface area (Å²) in [4.78, 5) is 12.6. The van der Waals surface area contributed by atoms with Crippen LogP contribution in [-0.4, -0.2) is 19.5 Å². The van der Waals surface area contributed by atoms with Gasteiger partial charge in [0.2, 0.25) is 0 Å². The molecule has 0 saturated carbocycles. The summed E-state index contributed by atoms with van der Waals surface area (Å²) in [6.45, 7) is 0.114. The van der Waals surface area contributed by atoms with E-state index in [1.54, 1.807) is 13.1 Å². The Morgan fingerprint density at radius 1 is 1.20 bits per heavy atom. The number of nitrogens with one attached hydrogen (secondary N) is 2. The fourth-order valence-corrected chi connectivity index (χ4v) is 2.55. The minimum atomic E-state index is -4.48. The van der Waals surface area contributed by atoms with Crippen LogP contribution in [0.3, 0.4) is 0 Å². The summed E-state index contributed by atoms with van der Waals surface area (Å²) in [5, 5.41) is 2.68. The molecule has 3 nitrogen and oxygen atoms in total. The standard InChI is InChI=1S/C17H15ClF4N2O/c1-24(9-13-14(18)6-3-7-15(13)19)10-16(25)23-12-5-2-4-11(8-12)17(20,21)22/h2-8H,9-10H2,1H3,(H,23,25)/p+1. The molecular weight excluding hydrogens is 360 g/mol. The minimum absolute atomic E-state index is 0.0524. The number of amides is 1. The molecule has 1 atom stereocenters. The highest BCUT2D eigenvalue weighted by molar-refractivity contribution is 6.31. The van der Waals surface area contributed by atoms with Gasteiger partial charge in [0, 0.05) is 5.69 Å². The van der Waals surface area contributed by atoms with Crippen LogP contribution in [0.2, 0.25) is 5.02 Å². The lowest BCUT2D eigenvalue weighted by molar-refractivity contribution is -0.885. The van der Waals surface area contributed by atoms with Crippen LogP contribution in [0.15, 0.2) is 42.5 Å². The Hall–Kier alpha value is -2.12. The second-order valence-corrected chi connectivity index (χ2v) is 6.04. The highest BCUT2D eigenvalue weighted by atomic mass is 35.5. The highest BCUT2D eigenvalue weighted by Gasteiger charge is 2.30. The van der Waals surface area contributed by atoms with Crippen LogP contribution in [0.1, 0.15) is 11.1 Å². The third kappa shape index (κ3) is 5.44. The van der Waals surface area contributed by atoms with Crippen molar-refractivity contribution in [3.8, 4) is 0 Å². The number of hydrogen-bond acceptors (Lipinski definition) is 1. The average molecular weight is 376 g/mol. The van der Waals surface area contributed by atoms with Gasteiger partial charge >= 0.3 is 6.18 Å². The van der Waals surface area contributed by atoms with E-state index >= 15 is 0 Å². The van der Waals surface area contributed by atoms with Gasteiger partial charge in [-0.25, -0.2) is 4.39 Å². The Morgan fingerprint density at radius 3 is 2.52 bits per heavy atom. The molecule has 0 aromatic heterocycles. The summed E-state index contributed by atoms with van der Waals surface area (Å²) in [5.41, 5.74) is -0.505. The molecule has 0 bridgehead atoms. The van der Waals surface area contributed by atoms with Crippen molar-refractivity contribution in [3.05, 3.63) is 64.4 Å². The van der Waals surface area contributed by atoms with E-state index in [1.807, 2.05) is 0 Å². The van der Waals surface area contributed by atoms with Gasteiger partial charge in [0.1, 0.15) is 12.4 Å². The molecule has 134 valence electrons. The summed E-state index contributed by atoms with van der Waals surface area (Å²) < 4.78 is 51.8. The lowest BCUT2D eigenvalue weighted by Gasteiger charge is -2.15. The van der Waals surface area contributed by atoms with Crippen LogP contribution in [0.25, 0.3) is 0 Å². The Labute approximate surface area is 147 Å². The van der Waals surface area contributed by atoms with Crippen LogP contribution in [0.4, 0.5) is 23.2 Å². The molecular formula is C17H16ClF4N2O+. The predicted octanol–water partition coefficient (Wildman–Crippen LogP) is 3.15. The van der Waals surface area contributed by atoms with E-state index in [-0.39, 0.29) is 29.4 Å². The number of alkyl halides is 3. The van der Waals surface area contributed by atoms with E-state index < -0.39 is 23.5 Å². The van der Waals surface area contributed by atoms with Gasteiger partial charge in [-0.15, -0.1) is 0 Å². The summed E-state index contributed by atoms with van der Waals surface area (Å²) in [7, 11) is 1.66. The third-order valence-corrected chi connectivity index (χ3v) is 3.83. The van der Waals surface area contributed by atoms with Gasteiger partial charge in [-0.05, 0) is 30.3 Å². The summed E-state index contributed by atoms with van der Waals surface area (Å²) >= 11 is 5.94. The second kappa shape index (κ2) is 7.84. The quantitative estimate of drug-likeness (QED) is 0.773. The largest absolute Gasteiger partial charge is 0.416 e. The zero-order valence-corrected chi connectivity index (χ0v) is 14.0. The Kier molecular flexibility index (Phi) is 6.02. The number of benzene rings is 2. The molecule has 1 amide bonds. The lowest BCUT2D eigenvalue weighted by Crippen LogP contribution is -3.08. The molecule has 2 aromatic carbocycles. The maximum Gasteiger partial charge on any atom is 0.416 e. The average Bonchev–Trinajstić information content (AvgIpc) is 2.50. The molecule has 25 heavy (non-hydrogen) atoms. The molecule has 0 fully saturated rings. The topological polar surface area (TPSA) is 33.5 Å². The fourth-order valence-electron chi connectivity index (χ4n) is 2.32. The number of carbonyl (C=O) groups excluding carboxylic acids is 1. The van der Waals surface area contributed by atoms with Crippen LogP contribution >= 0.6 is 11.6 Å². The zero-order valence-electron chi connectivity index (χ0n) is 13.3. The summed E-state index contributed by atoms with van der Waals surface area (Å²) in [6, 6.07) is 8.68. The molecule has 0 aliphatic carbocycles. The van der Waals surface area contributed by atoms with Crippen molar-refractivity contribution in [1.82, 2.24) is 0 Å². The first-order chi connectivity index (χ1) is 11.7. The first-order valence-electron chi connectivity index (χ1n) is 7.38. The molecule has 0 aliphatic heterocycles. The van der Waals surface area contributed by atoms with E-state index in [0.29, 0.717) is 4.90 Å². The van der Waals surface area contributed by atoms with Crippen LogP contribution in [0, 0.1) is 5.82 Å². The maximum absolute atomic E-state index is 13.7.